The summed E-state index contributed by atoms with van der Waals surface area (Å²) in [7, 11) is 0. The number of fused-ring (bicyclic) bond motifs is 1. The van der Waals surface area contributed by atoms with Crippen molar-refractivity contribution in [3.63, 3.8) is 0 Å². The van der Waals surface area contributed by atoms with Crippen LogP contribution in [0.1, 0.15) is 5.56 Å². The summed E-state index contributed by atoms with van der Waals surface area (Å²) in [6.45, 7) is 0. The molecule has 0 N–H and O–H groups in total. The summed E-state index contributed by atoms with van der Waals surface area (Å²) in [5, 5.41) is 0. The molecule has 0 spiro atoms. The van der Waals surface area contributed by atoms with Crippen molar-refractivity contribution in [3.8, 4) is 0 Å². The summed E-state index contributed by atoms with van der Waals surface area (Å²) >= 11 is 1.92. The molecule has 1 heteroatoms. The molecule has 44 valence electrons. The van der Waals surface area contributed by atoms with Crippen LogP contribution in [0.15, 0.2) is 17.0 Å². The van der Waals surface area contributed by atoms with Crippen LogP contribution in [0.3, 0.4) is 0 Å². The topological polar surface area (TPSA) is 0 Å². The lowest BCUT2D eigenvalue weighted by molar-refractivity contribution is 1.15. The first kappa shape index (κ1) is 5.20. The summed E-state index contributed by atoms with van der Waals surface area (Å²) in [5.74, 6) is 1.23. The molecule has 1 aromatic rings. The van der Waals surface area contributed by atoms with Crippen LogP contribution in [-0.2, 0) is 6.42 Å². The van der Waals surface area contributed by atoms with Gasteiger partial charge in [0.15, 0.2) is 0 Å². The Morgan fingerprint density at radius 1 is 1.56 bits per heavy atom. The third-order valence-corrected chi connectivity index (χ3v) is 2.55. The largest absolute Gasteiger partial charge is 0.125 e. The predicted octanol–water partition coefficient (Wildman–Crippen LogP) is 1.94. The Morgan fingerprint density at radius 3 is 3.44 bits per heavy atom. The molecular weight excluding hydrogens is 128 g/mol. The number of rotatable bonds is 0. The van der Waals surface area contributed by atoms with Crippen molar-refractivity contribution >= 4 is 11.8 Å². The van der Waals surface area contributed by atoms with E-state index in [9.17, 15) is 0 Å². The number of thioether (sulfide) groups is 1. The molecule has 1 aliphatic rings. The highest BCUT2D eigenvalue weighted by Gasteiger charge is 2.08. The standard InChI is InChI=1S/C8H6S/c1-2-4-8-7(3-1)5-6-9-8/h2,4H,5-6H2. The smallest absolute Gasteiger partial charge is 0.0194 e. The second-order valence-corrected chi connectivity index (χ2v) is 3.18. The molecule has 0 saturated carbocycles. The first-order chi connectivity index (χ1) is 4.47. The fourth-order valence-corrected chi connectivity index (χ4v) is 2.01. The highest BCUT2D eigenvalue weighted by molar-refractivity contribution is 7.99. The zero-order chi connectivity index (χ0) is 6.10. The van der Waals surface area contributed by atoms with E-state index < -0.39 is 0 Å². The molecule has 0 nitrogen and oxygen atoms in total. The van der Waals surface area contributed by atoms with E-state index in [1.807, 2.05) is 17.8 Å². The van der Waals surface area contributed by atoms with E-state index in [4.69, 9.17) is 0 Å². The summed E-state index contributed by atoms with van der Waals surface area (Å²) in [6, 6.07) is 10.1. The zero-order valence-electron chi connectivity index (χ0n) is 4.98. The Hall–Kier alpha value is -0.610. The predicted molar refractivity (Wildman–Crippen MR) is 38.5 cm³/mol. The molecule has 9 heavy (non-hydrogen) atoms. The minimum Gasteiger partial charge on any atom is -0.125 e. The molecular formula is C8H6S. The second-order valence-electron chi connectivity index (χ2n) is 2.04. The van der Waals surface area contributed by atoms with Crippen molar-refractivity contribution in [3.05, 3.63) is 29.8 Å². The molecule has 1 heterocycles. The van der Waals surface area contributed by atoms with Gasteiger partial charge in [-0.2, -0.15) is 0 Å². The van der Waals surface area contributed by atoms with E-state index in [1.165, 1.54) is 22.6 Å². The lowest BCUT2D eigenvalue weighted by Crippen LogP contribution is -1.74. The van der Waals surface area contributed by atoms with Gasteiger partial charge < -0.3 is 0 Å². The summed E-state index contributed by atoms with van der Waals surface area (Å²) in [5.41, 5.74) is 1.35. The molecule has 0 saturated heterocycles. The molecule has 0 amide bonds. The van der Waals surface area contributed by atoms with Gasteiger partial charge in [-0.3, -0.25) is 0 Å². The van der Waals surface area contributed by atoms with Crippen LogP contribution in [0.4, 0.5) is 0 Å². The lowest BCUT2D eigenvalue weighted by atomic mass is 10.2. The van der Waals surface area contributed by atoms with Crippen molar-refractivity contribution in [2.45, 2.75) is 11.3 Å². The Balaban J connectivity index is 2.54. The highest BCUT2D eigenvalue weighted by atomic mass is 32.2. The minimum atomic E-state index is 1.18. The normalized spacial score (nSPS) is 14.7. The maximum Gasteiger partial charge on any atom is 0.0194 e. The molecule has 1 aromatic carbocycles. The maximum atomic E-state index is 3.10. The Kier molecular flexibility index (Phi) is 1.13. The molecule has 0 unspecified atom stereocenters. The van der Waals surface area contributed by atoms with E-state index in [0.29, 0.717) is 0 Å². The van der Waals surface area contributed by atoms with Crippen LogP contribution >= 0.6 is 11.8 Å². The number of hydrogen-bond acceptors (Lipinski definition) is 1. The monoisotopic (exact) mass is 134 g/mol. The lowest BCUT2D eigenvalue weighted by Gasteiger charge is -1.86. The van der Waals surface area contributed by atoms with Gasteiger partial charge in [0.1, 0.15) is 0 Å². The van der Waals surface area contributed by atoms with Crippen LogP contribution in [0.2, 0.25) is 0 Å². The third-order valence-electron chi connectivity index (χ3n) is 1.45. The third kappa shape index (κ3) is 0.799. The highest BCUT2D eigenvalue weighted by Crippen LogP contribution is 2.28. The maximum absolute atomic E-state index is 3.10. The van der Waals surface area contributed by atoms with Crippen LogP contribution < -0.4 is 0 Å². The van der Waals surface area contributed by atoms with Gasteiger partial charge in [0.05, 0.1) is 0 Å². The summed E-state index contributed by atoms with van der Waals surface area (Å²) < 4.78 is 0. The second kappa shape index (κ2) is 1.97. The molecule has 0 atom stereocenters. The van der Waals surface area contributed by atoms with Crippen molar-refractivity contribution < 1.29 is 0 Å². The SMILES string of the molecule is c1ccc2c(c#1)CCS2. The van der Waals surface area contributed by atoms with E-state index in [0.717, 1.165) is 0 Å². The molecule has 2 rings (SSSR count). The van der Waals surface area contributed by atoms with Crippen LogP contribution in [0, 0.1) is 12.1 Å². The van der Waals surface area contributed by atoms with E-state index in [2.05, 4.69) is 18.2 Å². The molecule has 0 bridgehead atoms. The van der Waals surface area contributed by atoms with Gasteiger partial charge in [-0.25, -0.2) is 0 Å². The van der Waals surface area contributed by atoms with Crippen molar-refractivity contribution in [1.82, 2.24) is 0 Å². The average Bonchev–Trinajstić information content (AvgIpc) is 2.33. The van der Waals surface area contributed by atoms with Crippen molar-refractivity contribution in [1.29, 1.82) is 0 Å². The Labute approximate surface area is 59.3 Å². The van der Waals surface area contributed by atoms with Crippen molar-refractivity contribution in [2.24, 2.45) is 0 Å². The quantitative estimate of drug-likeness (QED) is 0.522. The molecule has 0 radical (unpaired) electrons. The van der Waals surface area contributed by atoms with Gasteiger partial charge >= 0.3 is 0 Å². The van der Waals surface area contributed by atoms with Gasteiger partial charge in [-0.05, 0) is 18.6 Å². The van der Waals surface area contributed by atoms with Gasteiger partial charge in [0.25, 0.3) is 0 Å². The van der Waals surface area contributed by atoms with E-state index in [1.54, 1.807) is 0 Å². The van der Waals surface area contributed by atoms with Gasteiger partial charge in [0, 0.05) is 16.2 Å². The Bertz CT molecular complexity index is 195. The fourth-order valence-electron chi connectivity index (χ4n) is 0.992. The summed E-state index contributed by atoms with van der Waals surface area (Å²) in [6.07, 6.45) is 1.18. The molecule has 0 fully saturated rings. The fraction of sp³-hybridized carbons (Fsp3) is 0.250. The summed E-state index contributed by atoms with van der Waals surface area (Å²) in [4.78, 5) is 1.40. The average molecular weight is 134 g/mol. The Morgan fingerprint density at radius 2 is 2.56 bits per heavy atom. The zero-order valence-corrected chi connectivity index (χ0v) is 5.79. The van der Waals surface area contributed by atoms with Crippen LogP contribution in [0.5, 0.6) is 0 Å². The van der Waals surface area contributed by atoms with Gasteiger partial charge in [-0.1, -0.05) is 12.1 Å². The molecule has 1 aliphatic heterocycles. The first-order valence-corrected chi connectivity index (χ1v) is 3.99. The van der Waals surface area contributed by atoms with Crippen LogP contribution in [-0.4, -0.2) is 5.75 Å². The van der Waals surface area contributed by atoms with E-state index >= 15 is 0 Å². The first-order valence-electron chi connectivity index (χ1n) is 3.01. The molecule has 0 aromatic heterocycles. The van der Waals surface area contributed by atoms with Crippen molar-refractivity contribution in [2.75, 3.05) is 5.75 Å². The van der Waals surface area contributed by atoms with Gasteiger partial charge in [0.2, 0.25) is 0 Å². The minimum absolute atomic E-state index is 1.18. The number of hydrogen-bond donors (Lipinski definition) is 0. The molecule has 0 aliphatic carbocycles. The van der Waals surface area contributed by atoms with Crippen LogP contribution in [0.25, 0.3) is 0 Å². The van der Waals surface area contributed by atoms with E-state index in [-0.39, 0.29) is 0 Å². The van der Waals surface area contributed by atoms with Gasteiger partial charge in [-0.15, -0.1) is 11.8 Å².